The molecule has 0 radical (unpaired) electrons. The highest BCUT2D eigenvalue weighted by molar-refractivity contribution is 7.15. The van der Waals surface area contributed by atoms with Gasteiger partial charge in [0, 0.05) is 23.5 Å². The summed E-state index contributed by atoms with van der Waals surface area (Å²) in [5.74, 6) is -0.388. The third kappa shape index (κ3) is 6.30. The van der Waals surface area contributed by atoms with E-state index in [9.17, 15) is 13.2 Å². The monoisotopic (exact) mass is 465 g/mol. The van der Waals surface area contributed by atoms with Crippen LogP contribution in [0.1, 0.15) is 38.5 Å². The number of halogens is 3. The van der Waals surface area contributed by atoms with Crippen molar-refractivity contribution in [3.8, 4) is 10.7 Å². The Kier molecular flexibility index (Phi) is 9.20. The van der Waals surface area contributed by atoms with Crippen LogP contribution >= 0.6 is 11.3 Å². The van der Waals surface area contributed by atoms with Crippen LogP contribution in [0.4, 0.5) is 24.8 Å². The number of aromatic nitrogens is 6. The Morgan fingerprint density at radius 1 is 1.00 bits per heavy atom. The van der Waals surface area contributed by atoms with E-state index in [2.05, 4.69) is 34.8 Å². The minimum atomic E-state index is -4.68. The van der Waals surface area contributed by atoms with Gasteiger partial charge in [-0.05, 0) is 24.3 Å². The maximum absolute atomic E-state index is 12.6. The molecule has 0 bridgehead atoms. The van der Waals surface area contributed by atoms with Crippen LogP contribution in [0.3, 0.4) is 0 Å². The molecule has 4 aromatic rings. The lowest BCUT2D eigenvalue weighted by Crippen LogP contribution is -2.18. The molecule has 8 nitrogen and oxygen atoms in total. The third-order valence-corrected chi connectivity index (χ3v) is 4.59. The number of alkyl halides is 3. The van der Waals surface area contributed by atoms with E-state index >= 15 is 0 Å². The van der Waals surface area contributed by atoms with E-state index in [0.717, 1.165) is 4.88 Å². The average Bonchev–Trinajstić information content (AvgIpc) is 3.51. The summed E-state index contributed by atoms with van der Waals surface area (Å²) in [6, 6.07) is 6.91. The van der Waals surface area contributed by atoms with E-state index in [1.807, 2.05) is 27.7 Å². The molecule has 4 aromatic heterocycles. The van der Waals surface area contributed by atoms with Crippen LogP contribution in [0.2, 0.25) is 0 Å². The first-order chi connectivity index (χ1) is 15.5. The van der Waals surface area contributed by atoms with Crippen molar-refractivity contribution >= 4 is 23.0 Å². The van der Waals surface area contributed by atoms with Gasteiger partial charge in [0.05, 0.1) is 17.6 Å². The molecule has 0 saturated carbocycles. The van der Waals surface area contributed by atoms with Crippen LogP contribution < -0.4 is 4.90 Å². The van der Waals surface area contributed by atoms with Gasteiger partial charge in [-0.2, -0.15) is 23.3 Å². The Balaban J connectivity index is 0.000000860. The minimum absolute atomic E-state index is 0.117. The standard InChI is InChI=1S/C16H10F3N7OS.2C2H6/c17-16(18,19)15-23-14(25-27-15)11-4-3-10(28-11)9-26(12-2-1-5-22-24-12)13-8-20-6-7-21-13;2*1-2/h1-8H,9H2;2*1-2H3. The molecule has 0 aromatic carbocycles. The average molecular weight is 466 g/mol. The zero-order valence-corrected chi connectivity index (χ0v) is 18.7. The molecule has 4 heterocycles. The number of anilines is 2. The number of rotatable bonds is 5. The molecule has 0 atom stereocenters. The van der Waals surface area contributed by atoms with Gasteiger partial charge in [-0.3, -0.25) is 4.98 Å². The van der Waals surface area contributed by atoms with Gasteiger partial charge < -0.3 is 9.42 Å². The lowest BCUT2D eigenvalue weighted by atomic mass is 10.3. The molecule has 0 saturated heterocycles. The molecule has 0 aliphatic rings. The highest BCUT2D eigenvalue weighted by Crippen LogP contribution is 2.33. The van der Waals surface area contributed by atoms with Gasteiger partial charge in [0.15, 0.2) is 11.6 Å². The van der Waals surface area contributed by atoms with Crippen molar-refractivity contribution in [1.29, 1.82) is 0 Å². The van der Waals surface area contributed by atoms with Crippen LogP contribution in [0.5, 0.6) is 0 Å². The molecular formula is C20H22F3N7OS. The Morgan fingerprint density at radius 3 is 2.38 bits per heavy atom. The summed E-state index contributed by atoms with van der Waals surface area (Å²) in [6.07, 6.45) is 1.56. The first kappa shape index (κ1) is 24.9. The fraction of sp³-hybridized carbons (Fsp3) is 0.300. The van der Waals surface area contributed by atoms with E-state index in [-0.39, 0.29) is 5.82 Å². The van der Waals surface area contributed by atoms with E-state index in [4.69, 9.17) is 0 Å². The van der Waals surface area contributed by atoms with Crippen molar-refractivity contribution in [1.82, 2.24) is 30.3 Å². The van der Waals surface area contributed by atoms with Crippen LogP contribution in [-0.4, -0.2) is 30.3 Å². The van der Waals surface area contributed by atoms with Crippen molar-refractivity contribution in [3.63, 3.8) is 0 Å². The largest absolute Gasteiger partial charge is 0.471 e. The number of thiophene rings is 1. The molecule has 0 spiro atoms. The van der Waals surface area contributed by atoms with E-state index in [1.54, 1.807) is 54.0 Å². The number of hydrogen-bond acceptors (Lipinski definition) is 9. The fourth-order valence-corrected chi connectivity index (χ4v) is 3.25. The third-order valence-electron chi connectivity index (χ3n) is 3.53. The van der Waals surface area contributed by atoms with Crippen LogP contribution in [-0.2, 0) is 12.7 Å². The summed E-state index contributed by atoms with van der Waals surface area (Å²) in [6.45, 7) is 8.35. The summed E-state index contributed by atoms with van der Waals surface area (Å²) >= 11 is 1.24. The van der Waals surface area contributed by atoms with Gasteiger partial charge in [0.1, 0.15) is 0 Å². The van der Waals surface area contributed by atoms with Gasteiger partial charge in [0.2, 0.25) is 5.82 Å². The molecule has 0 aliphatic carbocycles. The Morgan fingerprint density at radius 2 is 1.78 bits per heavy atom. The van der Waals surface area contributed by atoms with Gasteiger partial charge in [-0.1, -0.05) is 32.9 Å². The highest BCUT2D eigenvalue weighted by atomic mass is 32.1. The second-order valence-corrected chi connectivity index (χ2v) is 6.59. The first-order valence-corrected chi connectivity index (χ1v) is 10.6. The predicted molar refractivity (Wildman–Crippen MR) is 115 cm³/mol. The minimum Gasteiger partial charge on any atom is -0.329 e. The maximum atomic E-state index is 12.6. The summed E-state index contributed by atoms with van der Waals surface area (Å²) < 4.78 is 42.2. The van der Waals surface area contributed by atoms with Crippen LogP contribution in [0.25, 0.3) is 10.7 Å². The summed E-state index contributed by atoms with van der Waals surface area (Å²) in [5.41, 5.74) is 0. The molecule has 170 valence electrons. The highest BCUT2D eigenvalue weighted by Gasteiger charge is 2.38. The van der Waals surface area contributed by atoms with Crippen molar-refractivity contribution in [2.75, 3.05) is 4.90 Å². The quantitative estimate of drug-likeness (QED) is 0.366. The predicted octanol–water partition coefficient (Wildman–Crippen LogP) is 5.79. The molecule has 4 rings (SSSR count). The Hall–Kier alpha value is -3.41. The summed E-state index contributed by atoms with van der Waals surface area (Å²) in [4.78, 5) is 14.8. The molecule has 0 amide bonds. The Bertz CT molecular complexity index is 1020. The normalized spacial score (nSPS) is 10.5. The maximum Gasteiger partial charge on any atom is 0.471 e. The van der Waals surface area contributed by atoms with Crippen LogP contribution in [0.15, 0.2) is 53.6 Å². The second-order valence-electron chi connectivity index (χ2n) is 5.42. The SMILES string of the molecule is CC.CC.FC(F)(F)c1nc(-c2ccc(CN(c3cnccn3)c3cccnn3)s2)no1. The van der Waals surface area contributed by atoms with Gasteiger partial charge >= 0.3 is 12.1 Å². The molecule has 32 heavy (non-hydrogen) atoms. The first-order valence-electron chi connectivity index (χ1n) is 9.82. The number of nitrogens with zero attached hydrogens (tertiary/aromatic N) is 7. The second kappa shape index (κ2) is 11.8. The van der Waals surface area contributed by atoms with Crippen molar-refractivity contribution in [2.45, 2.75) is 40.4 Å². The molecule has 0 unspecified atom stereocenters. The number of hydrogen-bond donors (Lipinski definition) is 0. The van der Waals surface area contributed by atoms with Gasteiger partial charge in [-0.25, -0.2) is 4.98 Å². The van der Waals surface area contributed by atoms with Gasteiger partial charge in [-0.15, -0.1) is 16.4 Å². The lowest BCUT2D eigenvalue weighted by molar-refractivity contribution is -0.159. The van der Waals surface area contributed by atoms with Gasteiger partial charge in [0.25, 0.3) is 0 Å². The van der Waals surface area contributed by atoms with Crippen molar-refractivity contribution < 1.29 is 17.7 Å². The fourth-order valence-electron chi connectivity index (χ4n) is 2.32. The lowest BCUT2D eigenvalue weighted by Gasteiger charge is -2.20. The van der Waals surface area contributed by atoms with E-state index in [0.29, 0.717) is 23.1 Å². The smallest absolute Gasteiger partial charge is 0.329 e. The van der Waals surface area contributed by atoms with Crippen molar-refractivity contribution in [2.24, 2.45) is 0 Å². The summed E-state index contributed by atoms with van der Waals surface area (Å²) in [7, 11) is 0. The molecular weight excluding hydrogens is 443 g/mol. The van der Waals surface area contributed by atoms with E-state index < -0.39 is 12.1 Å². The molecule has 12 heteroatoms. The zero-order valence-electron chi connectivity index (χ0n) is 17.9. The topological polar surface area (TPSA) is 93.7 Å². The molecule has 0 fully saturated rings. The molecule has 0 aliphatic heterocycles. The summed E-state index contributed by atoms with van der Waals surface area (Å²) in [5, 5.41) is 11.4. The zero-order chi connectivity index (χ0) is 23.6. The van der Waals surface area contributed by atoms with E-state index in [1.165, 1.54) is 11.3 Å². The van der Waals surface area contributed by atoms with Crippen molar-refractivity contribution in [3.05, 3.63) is 59.8 Å². The Labute approximate surface area is 187 Å². The van der Waals surface area contributed by atoms with Crippen LogP contribution in [0, 0.1) is 0 Å². The molecule has 0 N–H and O–H groups in total.